The standard InChI is InChI=1S/C30H40F3N3O3/c1-21-22(2)28(39-18-5-14-34-15-19-38-3)13-12-26(21)27-7-4-6-25-20-35(16-17-36(25)27)29(37)23-8-10-24(11-9-23)30(31,32)33/h8-13,25,27,34H,4-7,14-20H2,1-3H3/t25-,27?/m0/s1. The van der Waals surface area contributed by atoms with Crippen molar-refractivity contribution in [3.05, 3.63) is 64.2 Å². The predicted molar refractivity (Wildman–Crippen MR) is 145 cm³/mol. The summed E-state index contributed by atoms with van der Waals surface area (Å²) in [4.78, 5) is 17.4. The summed E-state index contributed by atoms with van der Waals surface area (Å²) in [6.45, 7) is 9.25. The molecule has 2 fully saturated rings. The number of nitrogens with one attached hydrogen (secondary N) is 1. The number of hydrogen-bond acceptors (Lipinski definition) is 5. The van der Waals surface area contributed by atoms with Gasteiger partial charge in [0.15, 0.2) is 0 Å². The number of methoxy groups -OCH3 is 1. The van der Waals surface area contributed by atoms with E-state index >= 15 is 0 Å². The van der Waals surface area contributed by atoms with Crippen LogP contribution in [0.4, 0.5) is 13.2 Å². The average Bonchev–Trinajstić information content (AvgIpc) is 2.93. The number of benzene rings is 2. The lowest BCUT2D eigenvalue weighted by Crippen LogP contribution is -2.57. The maximum absolute atomic E-state index is 13.1. The molecule has 1 unspecified atom stereocenters. The minimum atomic E-state index is -4.41. The van der Waals surface area contributed by atoms with Gasteiger partial charge in [0.2, 0.25) is 0 Å². The van der Waals surface area contributed by atoms with Crippen molar-refractivity contribution in [3.63, 3.8) is 0 Å². The van der Waals surface area contributed by atoms with Crippen LogP contribution in [0.25, 0.3) is 0 Å². The highest BCUT2D eigenvalue weighted by Gasteiger charge is 2.38. The van der Waals surface area contributed by atoms with Gasteiger partial charge in [-0.05, 0) is 93.1 Å². The van der Waals surface area contributed by atoms with Crippen LogP contribution < -0.4 is 10.1 Å². The number of piperazine rings is 1. The lowest BCUT2D eigenvalue weighted by atomic mass is 9.86. The lowest BCUT2D eigenvalue weighted by Gasteiger charge is -2.49. The van der Waals surface area contributed by atoms with E-state index in [1.165, 1.54) is 23.3 Å². The maximum atomic E-state index is 13.1. The summed E-state index contributed by atoms with van der Waals surface area (Å²) in [5.74, 6) is 0.723. The Kier molecular flexibility index (Phi) is 9.91. The normalized spacial score (nSPS) is 20.1. The van der Waals surface area contributed by atoms with Crippen molar-refractivity contribution in [2.75, 3.05) is 53.0 Å². The summed E-state index contributed by atoms with van der Waals surface area (Å²) < 4.78 is 49.9. The van der Waals surface area contributed by atoms with Crippen molar-refractivity contribution >= 4 is 5.91 Å². The third kappa shape index (κ3) is 7.13. The van der Waals surface area contributed by atoms with Gasteiger partial charge in [0.05, 0.1) is 18.8 Å². The molecule has 2 aliphatic rings. The highest BCUT2D eigenvalue weighted by molar-refractivity contribution is 5.94. The van der Waals surface area contributed by atoms with E-state index < -0.39 is 11.7 Å². The molecule has 1 amide bonds. The predicted octanol–water partition coefficient (Wildman–Crippen LogP) is 5.38. The molecule has 2 aromatic carbocycles. The van der Waals surface area contributed by atoms with E-state index in [0.717, 1.165) is 68.8 Å². The zero-order valence-electron chi connectivity index (χ0n) is 23.2. The Morgan fingerprint density at radius 1 is 1.00 bits per heavy atom. The second-order valence-corrected chi connectivity index (χ2v) is 10.5. The van der Waals surface area contributed by atoms with Gasteiger partial charge >= 0.3 is 6.18 Å². The van der Waals surface area contributed by atoms with E-state index in [-0.39, 0.29) is 18.0 Å². The Hall–Kier alpha value is -2.62. The van der Waals surface area contributed by atoms with Gasteiger partial charge in [0.1, 0.15) is 5.75 Å². The molecule has 0 aliphatic carbocycles. The number of amides is 1. The summed E-state index contributed by atoms with van der Waals surface area (Å²) in [7, 11) is 1.70. The second-order valence-electron chi connectivity index (χ2n) is 10.5. The topological polar surface area (TPSA) is 54.0 Å². The van der Waals surface area contributed by atoms with Crippen LogP contribution in [0.15, 0.2) is 36.4 Å². The zero-order chi connectivity index (χ0) is 28.0. The number of carbonyl (C=O) groups excluding carboxylic acids is 1. The largest absolute Gasteiger partial charge is 0.493 e. The first kappa shape index (κ1) is 29.4. The van der Waals surface area contributed by atoms with E-state index in [4.69, 9.17) is 9.47 Å². The molecule has 2 atom stereocenters. The highest BCUT2D eigenvalue weighted by atomic mass is 19.4. The first-order valence-electron chi connectivity index (χ1n) is 13.9. The van der Waals surface area contributed by atoms with Crippen LogP contribution in [0.1, 0.15) is 64.3 Å². The van der Waals surface area contributed by atoms with E-state index in [1.54, 1.807) is 12.0 Å². The molecule has 0 spiro atoms. The highest BCUT2D eigenvalue weighted by Crippen LogP contribution is 2.39. The molecule has 2 aliphatic heterocycles. The van der Waals surface area contributed by atoms with Gasteiger partial charge < -0.3 is 19.7 Å². The third-order valence-electron chi connectivity index (χ3n) is 8.07. The van der Waals surface area contributed by atoms with Crippen LogP contribution in [0.5, 0.6) is 5.75 Å². The third-order valence-corrected chi connectivity index (χ3v) is 8.07. The summed E-state index contributed by atoms with van der Waals surface area (Å²) in [6, 6.07) is 9.34. The molecule has 214 valence electrons. The monoisotopic (exact) mass is 547 g/mol. The summed E-state index contributed by atoms with van der Waals surface area (Å²) in [5.41, 5.74) is 3.29. The molecule has 39 heavy (non-hydrogen) atoms. The fourth-order valence-electron chi connectivity index (χ4n) is 5.77. The smallest absolute Gasteiger partial charge is 0.416 e. The Morgan fingerprint density at radius 2 is 1.77 bits per heavy atom. The zero-order valence-corrected chi connectivity index (χ0v) is 23.2. The maximum Gasteiger partial charge on any atom is 0.416 e. The number of carbonyl (C=O) groups is 1. The molecule has 9 heteroatoms. The molecule has 1 N–H and O–H groups in total. The molecule has 2 heterocycles. The molecular formula is C30H40F3N3O3. The number of hydrogen-bond donors (Lipinski definition) is 1. The Morgan fingerprint density at radius 3 is 2.49 bits per heavy atom. The van der Waals surface area contributed by atoms with E-state index in [2.05, 4.69) is 36.2 Å². The van der Waals surface area contributed by atoms with Crippen LogP contribution in [0.2, 0.25) is 0 Å². The van der Waals surface area contributed by atoms with E-state index in [0.29, 0.717) is 31.9 Å². The van der Waals surface area contributed by atoms with Crippen molar-refractivity contribution in [2.45, 2.75) is 57.8 Å². The summed E-state index contributed by atoms with van der Waals surface area (Å²) in [5, 5.41) is 3.33. The van der Waals surface area contributed by atoms with Crippen LogP contribution >= 0.6 is 0 Å². The number of rotatable bonds is 10. The van der Waals surface area contributed by atoms with E-state index in [9.17, 15) is 18.0 Å². The fraction of sp³-hybridized carbons (Fsp3) is 0.567. The van der Waals surface area contributed by atoms with E-state index in [1.807, 2.05) is 0 Å². The lowest BCUT2D eigenvalue weighted by molar-refractivity contribution is -0.137. The van der Waals surface area contributed by atoms with Crippen molar-refractivity contribution in [3.8, 4) is 5.75 Å². The Bertz CT molecular complexity index is 1110. The van der Waals surface area contributed by atoms with Gasteiger partial charge in [-0.3, -0.25) is 9.69 Å². The quantitative estimate of drug-likeness (QED) is 0.405. The molecular weight excluding hydrogens is 507 g/mol. The van der Waals surface area contributed by atoms with Crippen molar-refractivity contribution in [1.82, 2.24) is 15.1 Å². The molecule has 0 aromatic heterocycles. The summed E-state index contributed by atoms with van der Waals surface area (Å²) >= 11 is 0. The minimum Gasteiger partial charge on any atom is -0.493 e. The minimum absolute atomic E-state index is 0.201. The molecule has 4 rings (SSSR count). The van der Waals surface area contributed by atoms with Gasteiger partial charge in [-0.1, -0.05) is 6.07 Å². The average molecular weight is 548 g/mol. The van der Waals surface area contributed by atoms with Gasteiger partial charge in [0, 0.05) is 50.9 Å². The number of halogens is 3. The van der Waals surface area contributed by atoms with Crippen molar-refractivity contribution in [2.24, 2.45) is 0 Å². The number of piperidine rings is 1. The van der Waals surface area contributed by atoms with Crippen LogP contribution in [-0.2, 0) is 10.9 Å². The Balaban J connectivity index is 1.36. The Labute approximate surface area is 229 Å². The fourth-order valence-corrected chi connectivity index (χ4v) is 5.77. The molecule has 0 saturated carbocycles. The second kappa shape index (κ2) is 13.2. The number of nitrogens with zero attached hydrogens (tertiary/aromatic N) is 2. The first-order chi connectivity index (χ1) is 18.7. The van der Waals surface area contributed by atoms with Gasteiger partial charge in [0.25, 0.3) is 5.91 Å². The number of fused-ring (bicyclic) bond motifs is 1. The van der Waals surface area contributed by atoms with Gasteiger partial charge in [-0.2, -0.15) is 13.2 Å². The summed E-state index contributed by atoms with van der Waals surface area (Å²) in [6.07, 6.45) is -0.348. The van der Waals surface area contributed by atoms with Crippen LogP contribution in [-0.4, -0.2) is 74.8 Å². The van der Waals surface area contributed by atoms with Gasteiger partial charge in [-0.25, -0.2) is 0 Å². The SMILES string of the molecule is COCCNCCCOc1ccc(C2CCC[C@H]3CN(C(=O)c4ccc(C(F)(F)F)cc4)CCN23)c(C)c1C. The van der Waals surface area contributed by atoms with Crippen molar-refractivity contribution < 1.29 is 27.4 Å². The van der Waals surface area contributed by atoms with Gasteiger partial charge in [-0.15, -0.1) is 0 Å². The number of ether oxygens (including phenoxy) is 2. The molecule has 6 nitrogen and oxygen atoms in total. The van der Waals surface area contributed by atoms with Crippen molar-refractivity contribution in [1.29, 1.82) is 0 Å². The molecule has 2 aromatic rings. The van der Waals surface area contributed by atoms with Crippen LogP contribution in [0.3, 0.4) is 0 Å². The molecule has 0 radical (unpaired) electrons. The number of alkyl halides is 3. The molecule has 0 bridgehead atoms. The first-order valence-corrected chi connectivity index (χ1v) is 13.9. The van der Waals surface area contributed by atoms with Crippen LogP contribution in [0, 0.1) is 13.8 Å². The molecule has 2 saturated heterocycles.